The van der Waals surface area contributed by atoms with Gasteiger partial charge in [-0.1, -0.05) is 10.3 Å². The number of amidine groups is 1. The van der Waals surface area contributed by atoms with Crippen LogP contribution in [0.25, 0.3) is 0 Å². The molecule has 1 aromatic rings. The summed E-state index contributed by atoms with van der Waals surface area (Å²) in [6, 6.07) is -0.514. The summed E-state index contributed by atoms with van der Waals surface area (Å²) < 4.78 is 31.3. The Balaban J connectivity index is 2.90. The van der Waals surface area contributed by atoms with Crippen molar-refractivity contribution in [2.75, 3.05) is 0 Å². The number of aromatic nitrogens is 1. The highest BCUT2D eigenvalue weighted by molar-refractivity contribution is 7.89. The molecule has 0 aliphatic carbocycles. The largest absolute Gasteiger partial charge is 0.409 e. The molecule has 0 fully saturated rings. The van der Waals surface area contributed by atoms with Gasteiger partial charge in [-0.05, 0) is 20.8 Å². The number of oxime groups is 1. The molecule has 18 heavy (non-hydrogen) atoms. The van der Waals surface area contributed by atoms with Crippen LogP contribution < -0.4 is 10.5 Å². The molecule has 0 aromatic carbocycles. The smallest absolute Gasteiger partial charge is 0.246 e. The summed E-state index contributed by atoms with van der Waals surface area (Å²) >= 11 is 0. The lowest BCUT2D eigenvalue weighted by atomic mass is 10.2. The van der Waals surface area contributed by atoms with Crippen LogP contribution in [0, 0.1) is 13.8 Å². The number of hydrogen-bond donors (Lipinski definition) is 3. The Kier molecular flexibility index (Phi) is 4.30. The van der Waals surface area contributed by atoms with E-state index in [1.165, 1.54) is 6.92 Å². The van der Waals surface area contributed by atoms with E-state index in [0.717, 1.165) is 0 Å². The van der Waals surface area contributed by atoms with E-state index < -0.39 is 16.1 Å². The zero-order valence-electron chi connectivity index (χ0n) is 10.3. The summed E-state index contributed by atoms with van der Waals surface area (Å²) in [6.45, 7) is 4.66. The molecule has 1 aromatic heterocycles. The molecule has 1 rings (SSSR count). The van der Waals surface area contributed by atoms with Gasteiger partial charge >= 0.3 is 0 Å². The Morgan fingerprint density at radius 1 is 1.61 bits per heavy atom. The van der Waals surface area contributed by atoms with Gasteiger partial charge in [-0.2, -0.15) is 0 Å². The van der Waals surface area contributed by atoms with Crippen LogP contribution in [0.3, 0.4) is 0 Å². The summed E-state index contributed by atoms with van der Waals surface area (Å²) in [5.41, 5.74) is 5.59. The molecule has 0 aliphatic rings. The number of nitrogens with zero attached hydrogens (tertiary/aromatic N) is 2. The highest BCUT2D eigenvalue weighted by Crippen LogP contribution is 2.19. The van der Waals surface area contributed by atoms with Crippen molar-refractivity contribution in [3.63, 3.8) is 0 Å². The zero-order valence-corrected chi connectivity index (χ0v) is 11.2. The molecule has 1 atom stereocenters. The van der Waals surface area contributed by atoms with Crippen molar-refractivity contribution in [3.8, 4) is 0 Å². The van der Waals surface area contributed by atoms with Gasteiger partial charge in [0.05, 0.1) is 0 Å². The lowest BCUT2D eigenvalue weighted by Gasteiger charge is -2.12. The molecule has 102 valence electrons. The second-order valence-electron chi connectivity index (χ2n) is 3.97. The summed E-state index contributed by atoms with van der Waals surface area (Å²) in [5.74, 6) is 0.167. The zero-order chi connectivity index (χ0) is 13.9. The minimum atomic E-state index is -3.73. The van der Waals surface area contributed by atoms with Crippen molar-refractivity contribution in [2.24, 2.45) is 10.9 Å². The maximum atomic E-state index is 12.1. The Morgan fingerprint density at radius 2 is 2.22 bits per heavy atom. The first-order valence-electron chi connectivity index (χ1n) is 5.19. The summed E-state index contributed by atoms with van der Waals surface area (Å²) in [6.07, 6.45) is 0.0963. The van der Waals surface area contributed by atoms with Crippen molar-refractivity contribution in [2.45, 2.75) is 38.1 Å². The fraction of sp³-hybridized carbons (Fsp3) is 0.556. The monoisotopic (exact) mass is 276 g/mol. The molecule has 1 unspecified atom stereocenters. The molecule has 9 heteroatoms. The third-order valence-electron chi connectivity index (χ3n) is 2.24. The number of aryl methyl sites for hydroxylation is 2. The molecule has 0 saturated heterocycles. The first-order valence-corrected chi connectivity index (χ1v) is 6.68. The Hall–Kier alpha value is -1.61. The van der Waals surface area contributed by atoms with E-state index in [9.17, 15) is 8.42 Å². The van der Waals surface area contributed by atoms with Gasteiger partial charge in [0, 0.05) is 12.5 Å². The highest BCUT2D eigenvalue weighted by Gasteiger charge is 2.25. The van der Waals surface area contributed by atoms with Gasteiger partial charge in [0.15, 0.2) is 5.76 Å². The summed E-state index contributed by atoms with van der Waals surface area (Å²) in [5, 5.41) is 14.8. The van der Waals surface area contributed by atoms with Gasteiger partial charge < -0.3 is 15.5 Å². The standard InChI is InChI=1S/C9H16N4O4S/c1-5(4-8(10)11-14)13-18(15,16)9-6(2)12-17-7(9)3/h5,13-14H,4H2,1-3H3,(H2,10,11). The Labute approximate surface area is 105 Å². The molecule has 0 saturated carbocycles. The average molecular weight is 276 g/mol. The molecule has 0 spiro atoms. The summed E-state index contributed by atoms with van der Waals surface area (Å²) in [4.78, 5) is 0.0221. The molecule has 0 bridgehead atoms. The maximum absolute atomic E-state index is 12.1. The second-order valence-corrected chi connectivity index (χ2v) is 5.62. The topological polar surface area (TPSA) is 131 Å². The highest BCUT2D eigenvalue weighted by atomic mass is 32.2. The van der Waals surface area contributed by atoms with Crippen LogP contribution in [0.4, 0.5) is 0 Å². The van der Waals surface area contributed by atoms with Crippen LogP contribution in [0.5, 0.6) is 0 Å². The molecular formula is C9H16N4O4S. The van der Waals surface area contributed by atoms with E-state index in [1.54, 1.807) is 13.8 Å². The SMILES string of the molecule is Cc1noc(C)c1S(=O)(=O)NC(C)CC(N)=NO. The number of hydrogen-bond acceptors (Lipinski definition) is 6. The van der Waals surface area contributed by atoms with E-state index >= 15 is 0 Å². The van der Waals surface area contributed by atoms with Crippen molar-refractivity contribution in [1.82, 2.24) is 9.88 Å². The number of sulfonamides is 1. The molecule has 8 nitrogen and oxygen atoms in total. The first-order chi connectivity index (χ1) is 8.27. The predicted molar refractivity (Wildman–Crippen MR) is 63.8 cm³/mol. The van der Waals surface area contributed by atoms with E-state index in [4.69, 9.17) is 15.5 Å². The molecule has 1 heterocycles. The molecule has 0 aliphatic heterocycles. The Morgan fingerprint density at radius 3 is 2.67 bits per heavy atom. The van der Waals surface area contributed by atoms with Gasteiger partial charge in [0.1, 0.15) is 16.4 Å². The van der Waals surface area contributed by atoms with Crippen molar-refractivity contribution < 1.29 is 18.1 Å². The minimum absolute atomic E-state index is 0.0221. The van der Waals surface area contributed by atoms with Crippen LogP contribution in [0.15, 0.2) is 14.6 Å². The van der Waals surface area contributed by atoms with Crippen molar-refractivity contribution in [1.29, 1.82) is 0 Å². The number of rotatable bonds is 5. The predicted octanol–water partition coefficient (Wildman–Crippen LogP) is 0.0947. The van der Waals surface area contributed by atoms with Crippen LogP contribution in [0.1, 0.15) is 24.8 Å². The lowest BCUT2D eigenvalue weighted by molar-refractivity contribution is 0.316. The molecular weight excluding hydrogens is 260 g/mol. The third kappa shape index (κ3) is 3.20. The third-order valence-corrected chi connectivity index (χ3v) is 4.07. The second kappa shape index (κ2) is 5.36. The first kappa shape index (κ1) is 14.5. The molecule has 4 N–H and O–H groups in total. The number of nitrogens with two attached hydrogens (primary N) is 1. The maximum Gasteiger partial charge on any atom is 0.246 e. The van der Waals surface area contributed by atoms with E-state index in [1.807, 2.05) is 0 Å². The van der Waals surface area contributed by atoms with Gasteiger partial charge in [-0.25, -0.2) is 13.1 Å². The van der Waals surface area contributed by atoms with Crippen molar-refractivity contribution in [3.05, 3.63) is 11.5 Å². The molecule has 0 amide bonds. The Bertz CT molecular complexity index is 529. The van der Waals surface area contributed by atoms with E-state index in [2.05, 4.69) is 15.0 Å². The van der Waals surface area contributed by atoms with Gasteiger partial charge in [0.2, 0.25) is 10.0 Å². The van der Waals surface area contributed by atoms with Crippen LogP contribution in [0.2, 0.25) is 0 Å². The van der Waals surface area contributed by atoms with Gasteiger partial charge in [-0.15, -0.1) is 0 Å². The van der Waals surface area contributed by atoms with Crippen LogP contribution in [-0.2, 0) is 10.0 Å². The lowest BCUT2D eigenvalue weighted by Crippen LogP contribution is -2.36. The fourth-order valence-electron chi connectivity index (χ4n) is 1.58. The number of nitrogens with one attached hydrogen (secondary N) is 1. The van der Waals surface area contributed by atoms with Crippen LogP contribution >= 0.6 is 0 Å². The van der Waals surface area contributed by atoms with Gasteiger partial charge in [0.25, 0.3) is 0 Å². The van der Waals surface area contributed by atoms with E-state index in [0.29, 0.717) is 0 Å². The summed E-state index contributed by atoms with van der Waals surface area (Å²) in [7, 11) is -3.73. The van der Waals surface area contributed by atoms with E-state index in [-0.39, 0.29) is 28.6 Å². The normalized spacial score (nSPS) is 14.7. The van der Waals surface area contributed by atoms with Crippen LogP contribution in [-0.4, -0.2) is 30.7 Å². The average Bonchev–Trinajstić information content (AvgIpc) is 2.57. The van der Waals surface area contributed by atoms with Gasteiger partial charge in [-0.3, -0.25) is 0 Å². The minimum Gasteiger partial charge on any atom is -0.409 e. The quantitative estimate of drug-likeness (QED) is 0.302. The molecule has 0 radical (unpaired) electrons. The van der Waals surface area contributed by atoms with Crippen molar-refractivity contribution >= 4 is 15.9 Å². The fourth-order valence-corrected chi connectivity index (χ4v) is 3.15.